The first-order valence-corrected chi connectivity index (χ1v) is 6.34. The van der Waals surface area contributed by atoms with E-state index in [1.165, 1.54) is 6.42 Å². The Morgan fingerprint density at radius 2 is 1.82 bits per heavy atom. The van der Waals surface area contributed by atoms with Crippen molar-refractivity contribution >= 4 is 11.8 Å². The van der Waals surface area contributed by atoms with Crippen molar-refractivity contribution in [3.8, 4) is 0 Å². The molecule has 1 aliphatic rings. The van der Waals surface area contributed by atoms with Gasteiger partial charge in [-0.25, -0.2) is 0 Å². The monoisotopic (exact) mass is 241 g/mol. The molecule has 2 unspecified atom stereocenters. The van der Waals surface area contributed by atoms with E-state index in [1.807, 2.05) is 18.7 Å². The lowest BCUT2D eigenvalue weighted by atomic mass is 10.1. The van der Waals surface area contributed by atoms with Crippen LogP contribution in [0.25, 0.3) is 0 Å². The van der Waals surface area contributed by atoms with Crippen molar-refractivity contribution in [3.63, 3.8) is 0 Å². The second kappa shape index (κ2) is 6.59. The number of carbonyl (C=O) groups is 2. The predicted molar refractivity (Wildman–Crippen MR) is 66.3 cm³/mol. The molecule has 0 aromatic heterocycles. The summed E-state index contributed by atoms with van der Waals surface area (Å²) in [7, 11) is 0. The number of nitrogens with zero attached hydrogens (tertiary/aromatic N) is 1. The average molecular weight is 241 g/mol. The summed E-state index contributed by atoms with van der Waals surface area (Å²) in [5.74, 6) is -0.219. The Hall–Kier alpha value is -1.10. The molecule has 3 N–H and O–H groups in total. The number of nitrogens with two attached hydrogens (primary N) is 1. The molecular formula is C12H23N3O2. The molecule has 1 heterocycles. The highest BCUT2D eigenvalue weighted by Crippen LogP contribution is 2.10. The van der Waals surface area contributed by atoms with Gasteiger partial charge in [-0.3, -0.25) is 9.59 Å². The maximum Gasteiger partial charge on any atom is 0.239 e. The molecule has 17 heavy (non-hydrogen) atoms. The van der Waals surface area contributed by atoms with E-state index in [0.29, 0.717) is 0 Å². The molecule has 0 aromatic carbocycles. The number of carbonyl (C=O) groups excluding carboxylic acids is 2. The molecule has 2 atom stereocenters. The van der Waals surface area contributed by atoms with Crippen LogP contribution in [0.1, 0.15) is 39.5 Å². The molecule has 1 saturated heterocycles. The molecule has 0 spiro atoms. The summed E-state index contributed by atoms with van der Waals surface area (Å²) >= 11 is 0. The Labute approximate surface area is 103 Å². The first-order chi connectivity index (χ1) is 8.00. The van der Waals surface area contributed by atoms with Crippen molar-refractivity contribution in [1.82, 2.24) is 10.2 Å². The lowest BCUT2D eigenvalue weighted by Crippen LogP contribution is -2.49. The van der Waals surface area contributed by atoms with Gasteiger partial charge in [-0.1, -0.05) is 0 Å². The van der Waals surface area contributed by atoms with Crippen LogP contribution in [0.4, 0.5) is 0 Å². The van der Waals surface area contributed by atoms with E-state index in [2.05, 4.69) is 5.32 Å². The van der Waals surface area contributed by atoms with Crippen molar-refractivity contribution < 1.29 is 9.59 Å². The van der Waals surface area contributed by atoms with E-state index >= 15 is 0 Å². The molecule has 1 rings (SSSR count). The number of rotatable bonds is 5. The topological polar surface area (TPSA) is 75.4 Å². The largest absolute Gasteiger partial charge is 0.370 e. The molecule has 0 bridgehead atoms. The standard InChI is InChI=1S/C12H23N3O2/c1-9(8-11(13)16)14-10(2)12(17)15-6-4-3-5-7-15/h9-10,14H,3-8H2,1-2H3,(H2,13,16). The Kier molecular flexibility index (Phi) is 5.41. The van der Waals surface area contributed by atoms with E-state index < -0.39 is 0 Å². The SMILES string of the molecule is CC(CC(N)=O)NC(C)C(=O)N1CCCCC1. The fourth-order valence-electron chi connectivity index (χ4n) is 2.25. The Morgan fingerprint density at radius 1 is 1.24 bits per heavy atom. The van der Waals surface area contributed by atoms with Crippen molar-refractivity contribution in [2.75, 3.05) is 13.1 Å². The van der Waals surface area contributed by atoms with Crippen LogP contribution in [0.15, 0.2) is 0 Å². The minimum absolute atomic E-state index is 0.0590. The summed E-state index contributed by atoms with van der Waals surface area (Å²) in [6.45, 7) is 5.42. The summed E-state index contributed by atoms with van der Waals surface area (Å²) in [4.78, 5) is 24.7. The van der Waals surface area contributed by atoms with E-state index in [0.717, 1.165) is 25.9 Å². The van der Waals surface area contributed by atoms with E-state index in [9.17, 15) is 9.59 Å². The fourth-order valence-corrected chi connectivity index (χ4v) is 2.25. The van der Waals surface area contributed by atoms with Crippen LogP contribution >= 0.6 is 0 Å². The van der Waals surface area contributed by atoms with Gasteiger partial charge in [0.25, 0.3) is 0 Å². The Balaban J connectivity index is 2.37. The van der Waals surface area contributed by atoms with Crippen LogP contribution in [0.5, 0.6) is 0 Å². The maximum atomic E-state index is 12.1. The number of likely N-dealkylation sites (tertiary alicyclic amines) is 1. The highest BCUT2D eigenvalue weighted by atomic mass is 16.2. The molecule has 5 nitrogen and oxygen atoms in total. The van der Waals surface area contributed by atoms with E-state index in [1.54, 1.807) is 0 Å². The van der Waals surface area contributed by atoms with E-state index in [4.69, 9.17) is 5.73 Å². The molecule has 0 radical (unpaired) electrons. The summed E-state index contributed by atoms with van der Waals surface area (Å²) in [5.41, 5.74) is 5.11. The number of primary amides is 1. The molecular weight excluding hydrogens is 218 g/mol. The van der Waals surface area contributed by atoms with Crippen LogP contribution < -0.4 is 11.1 Å². The third-order valence-electron chi connectivity index (χ3n) is 3.08. The zero-order valence-corrected chi connectivity index (χ0v) is 10.7. The number of hydrogen-bond acceptors (Lipinski definition) is 3. The van der Waals surface area contributed by atoms with Gasteiger partial charge in [-0.15, -0.1) is 0 Å². The molecule has 0 saturated carbocycles. The molecule has 2 amide bonds. The van der Waals surface area contributed by atoms with Gasteiger partial charge >= 0.3 is 0 Å². The van der Waals surface area contributed by atoms with Crippen LogP contribution in [0, 0.1) is 0 Å². The molecule has 5 heteroatoms. The van der Waals surface area contributed by atoms with E-state index in [-0.39, 0.29) is 30.3 Å². The third kappa shape index (κ3) is 4.73. The van der Waals surface area contributed by atoms with Gasteiger partial charge in [0.1, 0.15) is 0 Å². The number of amides is 2. The highest BCUT2D eigenvalue weighted by Gasteiger charge is 2.23. The molecule has 0 aliphatic carbocycles. The number of piperidine rings is 1. The highest BCUT2D eigenvalue weighted by molar-refractivity contribution is 5.81. The summed E-state index contributed by atoms with van der Waals surface area (Å²) in [5, 5.41) is 3.12. The van der Waals surface area contributed by atoms with Crippen molar-refractivity contribution in [1.29, 1.82) is 0 Å². The fraction of sp³-hybridized carbons (Fsp3) is 0.833. The average Bonchev–Trinajstić information content (AvgIpc) is 2.28. The Morgan fingerprint density at radius 3 is 2.35 bits per heavy atom. The van der Waals surface area contributed by atoms with Crippen LogP contribution in [0.3, 0.4) is 0 Å². The van der Waals surface area contributed by atoms with Gasteiger partial charge in [0, 0.05) is 25.6 Å². The lowest BCUT2D eigenvalue weighted by molar-refractivity contribution is -0.134. The van der Waals surface area contributed by atoms with Crippen LogP contribution in [0.2, 0.25) is 0 Å². The van der Waals surface area contributed by atoms with Crippen molar-refractivity contribution in [3.05, 3.63) is 0 Å². The number of nitrogens with one attached hydrogen (secondary N) is 1. The first kappa shape index (κ1) is 14.0. The van der Waals surface area contributed by atoms with Gasteiger partial charge in [0.15, 0.2) is 0 Å². The van der Waals surface area contributed by atoms with Gasteiger partial charge < -0.3 is 16.0 Å². The Bertz CT molecular complexity index is 275. The summed E-state index contributed by atoms with van der Waals surface area (Å²) in [6.07, 6.45) is 3.66. The smallest absolute Gasteiger partial charge is 0.239 e. The van der Waals surface area contributed by atoms with Crippen molar-refractivity contribution in [2.45, 2.75) is 51.6 Å². The molecule has 0 aromatic rings. The third-order valence-corrected chi connectivity index (χ3v) is 3.08. The van der Waals surface area contributed by atoms with Crippen LogP contribution in [-0.2, 0) is 9.59 Å². The van der Waals surface area contributed by atoms with Gasteiger partial charge in [-0.05, 0) is 33.1 Å². The van der Waals surface area contributed by atoms with Crippen molar-refractivity contribution in [2.24, 2.45) is 5.73 Å². The first-order valence-electron chi connectivity index (χ1n) is 6.34. The molecule has 1 aliphatic heterocycles. The summed E-state index contributed by atoms with van der Waals surface area (Å²) < 4.78 is 0. The predicted octanol–water partition coefficient (Wildman–Crippen LogP) is 0.241. The molecule has 1 fully saturated rings. The zero-order valence-electron chi connectivity index (χ0n) is 10.7. The molecule has 98 valence electrons. The van der Waals surface area contributed by atoms with Crippen LogP contribution in [-0.4, -0.2) is 41.9 Å². The zero-order chi connectivity index (χ0) is 12.8. The summed E-state index contributed by atoms with van der Waals surface area (Å²) in [6, 6.07) is -0.307. The second-order valence-corrected chi connectivity index (χ2v) is 4.85. The normalized spacial score (nSPS) is 19.8. The van der Waals surface area contributed by atoms with Gasteiger partial charge in [0.05, 0.1) is 6.04 Å². The lowest BCUT2D eigenvalue weighted by Gasteiger charge is -2.30. The quantitative estimate of drug-likeness (QED) is 0.724. The second-order valence-electron chi connectivity index (χ2n) is 4.85. The van der Waals surface area contributed by atoms with Gasteiger partial charge in [0.2, 0.25) is 11.8 Å². The minimum Gasteiger partial charge on any atom is -0.370 e. The maximum absolute atomic E-state index is 12.1. The minimum atomic E-state index is -0.345. The van der Waals surface area contributed by atoms with Gasteiger partial charge in [-0.2, -0.15) is 0 Å². The number of hydrogen-bond donors (Lipinski definition) is 2.